The van der Waals surface area contributed by atoms with Gasteiger partial charge in [-0.25, -0.2) is 4.98 Å². The molecule has 0 fully saturated rings. The summed E-state index contributed by atoms with van der Waals surface area (Å²) in [5.41, 5.74) is -0.163. The number of hydrogen-bond donors (Lipinski definition) is 0. The van der Waals surface area contributed by atoms with Crippen molar-refractivity contribution in [3.8, 4) is 0 Å². The Morgan fingerprint density at radius 1 is 1.73 bits per heavy atom. The number of aromatic nitrogens is 1. The molecule has 1 rings (SSSR count). The zero-order valence-corrected chi connectivity index (χ0v) is 8.68. The third kappa shape index (κ3) is 5.58. The Hall–Kier alpha value is -1.69. The maximum atomic E-state index is 10.1. The second-order valence-corrected chi connectivity index (χ2v) is 2.48. The molecule has 1 aromatic rings. The van der Waals surface area contributed by atoms with Crippen LogP contribution in [-0.4, -0.2) is 23.0 Å². The molecule has 0 bridgehead atoms. The molecule has 15 heavy (non-hydrogen) atoms. The number of nitrogens with zero attached hydrogens (tertiary/aromatic N) is 2. The van der Waals surface area contributed by atoms with E-state index in [0.29, 0.717) is 13.1 Å². The molecule has 0 aliphatic heterocycles. The van der Waals surface area contributed by atoms with Crippen molar-refractivity contribution >= 4 is 23.8 Å². The molecule has 0 unspecified atom stereocenters. The number of rotatable bonds is 3. The lowest BCUT2D eigenvalue weighted by atomic mass is 10.4. The molecule has 82 valence electrons. The van der Waals surface area contributed by atoms with Crippen LogP contribution in [0.25, 0.3) is 0 Å². The van der Waals surface area contributed by atoms with Crippen LogP contribution in [0.15, 0.2) is 18.3 Å². The Morgan fingerprint density at radius 2 is 2.40 bits per heavy atom. The number of carbonyl (C=O) groups is 1. The van der Waals surface area contributed by atoms with E-state index in [0.717, 1.165) is 0 Å². The van der Waals surface area contributed by atoms with Crippen LogP contribution in [0.2, 0.25) is 5.15 Å². The minimum Gasteiger partial charge on any atom is -0.468 e. The van der Waals surface area contributed by atoms with E-state index in [2.05, 4.69) is 9.72 Å². The van der Waals surface area contributed by atoms with Gasteiger partial charge in [0, 0.05) is 12.3 Å². The Kier molecular flexibility index (Phi) is 6.82. The van der Waals surface area contributed by atoms with Crippen LogP contribution < -0.4 is 0 Å². The van der Waals surface area contributed by atoms with Crippen molar-refractivity contribution in [2.75, 3.05) is 6.61 Å². The average molecular weight is 233 g/mol. The molecular formula is C8H9ClN2O4. The molecule has 1 aromatic heterocycles. The third-order valence-corrected chi connectivity index (χ3v) is 1.46. The minimum absolute atomic E-state index is 0.0764. The van der Waals surface area contributed by atoms with Gasteiger partial charge in [0.25, 0.3) is 6.47 Å². The Balaban J connectivity index is 0.000000336. The smallest absolute Gasteiger partial charge is 0.306 e. The van der Waals surface area contributed by atoms with Crippen LogP contribution in [0.4, 0.5) is 5.69 Å². The fourth-order valence-electron chi connectivity index (χ4n) is 0.582. The van der Waals surface area contributed by atoms with Crippen LogP contribution in [-0.2, 0) is 9.53 Å². The van der Waals surface area contributed by atoms with Crippen LogP contribution in [0.5, 0.6) is 0 Å². The normalized spacial score (nSPS) is 8.40. The van der Waals surface area contributed by atoms with E-state index in [4.69, 9.17) is 11.6 Å². The van der Waals surface area contributed by atoms with E-state index in [-0.39, 0.29) is 10.8 Å². The fraction of sp³-hybridized carbons (Fsp3) is 0.250. The molecule has 0 saturated carbocycles. The summed E-state index contributed by atoms with van der Waals surface area (Å²) < 4.78 is 4.15. The summed E-state index contributed by atoms with van der Waals surface area (Å²) in [7, 11) is 0. The predicted octanol–water partition coefficient (Wildman–Crippen LogP) is 1.82. The molecule has 0 aliphatic rings. The lowest BCUT2D eigenvalue weighted by Crippen LogP contribution is -1.89. The SMILES string of the molecule is CCOC=O.O=[N+]([O-])c1cccnc1Cl. The van der Waals surface area contributed by atoms with Gasteiger partial charge >= 0.3 is 5.69 Å². The lowest BCUT2D eigenvalue weighted by Gasteiger charge is -1.89. The number of halogens is 1. The van der Waals surface area contributed by atoms with Crippen LogP contribution in [0, 0.1) is 10.1 Å². The lowest BCUT2D eigenvalue weighted by molar-refractivity contribution is -0.385. The van der Waals surface area contributed by atoms with Crippen molar-refractivity contribution in [2.45, 2.75) is 6.92 Å². The van der Waals surface area contributed by atoms with Crippen molar-refractivity contribution in [3.05, 3.63) is 33.6 Å². The van der Waals surface area contributed by atoms with Gasteiger partial charge in [0.15, 0.2) is 0 Å². The van der Waals surface area contributed by atoms with Gasteiger partial charge in [0.1, 0.15) is 0 Å². The fourth-order valence-corrected chi connectivity index (χ4v) is 0.770. The maximum Gasteiger partial charge on any atom is 0.306 e. The van der Waals surface area contributed by atoms with Crippen LogP contribution >= 0.6 is 11.6 Å². The molecule has 1 heterocycles. The summed E-state index contributed by atoms with van der Waals surface area (Å²) in [5.74, 6) is 0. The first-order valence-corrected chi connectivity index (χ1v) is 4.31. The molecule has 0 spiro atoms. The van der Waals surface area contributed by atoms with Crippen molar-refractivity contribution in [1.29, 1.82) is 0 Å². The molecular weight excluding hydrogens is 224 g/mol. The highest BCUT2D eigenvalue weighted by Gasteiger charge is 2.09. The van der Waals surface area contributed by atoms with Crippen molar-refractivity contribution < 1.29 is 14.5 Å². The average Bonchev–Trinajstić information content (AvgIpc) is 2.20. The second kappa shape index (κ2) is 7.69. The van der Waals surface area contributed by atoms with E-state index in [1.165, 1.54) is 18.3 Å². The first-order valence-electron chi connectivity index (χ1n) is 3.93. The second-order valence-electron chi connectivity index (χ2n) is 2.12. The molecule has 0 saturated heterocycles. The molecule has 6 nitrogen and oxygen atoms in total. The van der Waals surface area contributed by atoms with Crippen molar-refractivity contribution in [1.82, 2.24) is 4.98 Å². The van der Waals surface area contributed by atoms with Crippen molar-refractivity contribution in [2.24, 2.45) is 0 Å². The molecule has 0 amide bonds. The number of hydrogen-bond acceptors (Lipinski definition) is 5. The van der Waals surface area contributed by atoms with E-state index >= 15 is 0 Å². The summed E-state index contributed by atoms with van der Waals surface area (Å²) in [5, 5.41) is 10.0. The van der Waals surface area contributed by atoms with Gasteiger partial charge in [-0.1, -0.05) is 11.6 Å². The molecule has 0 radical (unpaired) electrons. The van der Waals surface area contributed by atoms with E-state index in [9.17, 15) is 14.9 Å². The minimum atomic E-state index is -0.574. The summed E-state index contributed by atoms with van der Waals surface area (Å²) in [6.45, 7) is 2.66. The summed E-state index contributed by atoms with van der Waals surface area (Å²) in [6, 6.07) is 2.76. The molecule has 7 heteroatoms. The topological polar surface area (TPSA) is 82.3 Å². The Labute approximate surface area is 91.0 Å². The summed E-state index contributed by atoms with van der Waals surface area (Å²) in [6.07, 6.45) is 1.40. The van der Waals surface area contributed by atoms with Gasteiger partial charge in [-0.2, -0.15) is 0 Å². The van der Waals surface area contributed by atoms with Gasteiger partial charge < -0.3 is 4.74 Å². The molecule has 0 N–H and O–H groups in total. The maximum absolute atomic E-state index is 10.1. The molecule has 0 aromatic carbocycles. The van der Waals surface area contributed by atoms with Gasteiger partial charge in [0.2, 0.25) is 5.15 Å². The highest BCUT2D eigenvalue weighted by molar-refractivity contribution is 6.31. The van der Waals surface area contributed by atoms with Crippen LogP contribution in [0.3, 0.4) is 0 Å². The first kappa shape index (κ1) is 13.3. The van der Waals surface area contributed by atoms with Gasteiger partial charge in [-0.05, 0) is 13.0 Å². The first-order chi connectivity index (χ1) is 7.13. The standard InChI is InChI=1S/C5H3ClN2O2.C3H6O2/c6-5-4(8(9)10)2-1-3-7-5;1-2-5-3-4/h1-3H;3H,2H2,1H3. The zero-order valence-electron chi connectivity index (χ0n) is 7.92. The van der Waals surface area contributed by atoms with Gasteiger partial charge in [-0.3, -0.25) is 14.9 Å². The highest BCUT2D eigenvalue weighted by atomic mass is 35.5. The number of carbonyl (C=O) groups excluding carboxylic acids is 1. The largest absolute Gasteiger partial charge is 0.468 e. The van der Waals surface area contributed by atoms with E-state index < -0.39 is 4.92 Å². The number of pyridine rings is 1. The molecule has 0 atom stereocenters. The van der Waals surface area contributed by atoms with E-state index in [1.807, 2.05) is 0 Å². The van der Waals surface area contributed by atoms with Crippen molar-refractivity contribution in [3.63, 3.8) is 0 Å². The summed E-state index contributed by atoms with van der Waals surface area (Å²) >= 11 is 5.37. The third-order valence-electron chi connectivity index (χ3n) is 1.17. The van der Waals surface area contributed by atoms with Crippen LogP contribution in [0.1, 0.15) is 6.92 Å². The Bertz CT molecular complexity index is 332. The monoisotopic (exact) mass is 232 g/mol. The predicted molar refractivity (Wildman–Crippen MR) is 53.6 cm³/mol. The van der Waals surface area contributed by atoms with Gasteiger partial charge in [-0.15, -0.1) is 0 Å². The van der Waals surface area contributed by atoms with Gasteiger partial charge in [0.05, 0.1) is 11.5 Å². The summed E-state index contributed by atoms with van der Waals surface area (Å²) in [4.78, 5) is 22.2. The van der Waals surface area contributed by atoms with E-state index in [1.54, 1.807) is 6.92 Å². The number of ether oxygens (including phenoxy) is 1. The quantitative estimate of drug-likeness (QED) is 0.344. The Morgan fingerprint density at radius 3 is 2.67 bits per heavy atom. The number of nitro groups is 1. The molecule has 0 aliphatic carbocycles. The highest BCUT2D eigenvalue weighted by Crippen LogP contribution is 2.19. The zero-order chi connectivity index (χ0) is 11.7.